The number of hydrogen-bond acceptors (Lipinski definition) is 4. The Labute approximate surface area is 117 Å². The molecule has 0 aliphatic heterocycles. The molecule has 0 bridgehead atoms. The predicted molar refractivity (Wildman–Crippen MR) is 75.2 cm³/mol. The second kappa shape index (κ2) is 6.41. The van der Waals surface area contributed by atoms with E-state index in [0.717, 1.165) is 6.42 Å². The predicted octanol–water partition coefficient (Wildman–Crippen LogP) is 1.99. The lowest BCUT2D eigenvalue weighted by atomic mass is 9.78. The van der Waals surface area contributed by atoms with Gasteiger partial charge < -0.3 is 10.1 Å². The number of ether oxygens (including phenoxy) is 1. The lowest BCUT2D eigenvalue weighted by Gasteiger charge is -2.36. The number of benzene rings is 1. The fourth-order valence-electron chi connectivity index (χ4n) is 2.72. The molecule has 1 unspecified atom stereocenters. The second-order valence-corrected chi connectivity index (χ2v) is 4.90. The van der Waals surface area contributed by atoms with Crippen molar-refractivity contribution in [1.29, 1.82) is 0 Å². The van der Waals surface area contributed by atoms with Gasteiger partial charge in [-0.3, -0.25) is 4.79 Å². The van der Waals surface area contributed by atoms with Crippen molar-refractivity contribution < 1.29 is 9.53 Å². The summed E-state index contributed by atoms with van der Waals surface area (Å²) in [6.07, 6.45) is 2.12. The molecular formula is C14H18N4O2. The molecule has 1 aromatic carbocycles. The maximum Gasteiger partial charge on any atom is 0.326 e. The number of nitrogens with one attached hydrogen (secondary N) is 1. The van der Waals surface area contributed by atoms with Gasteiger partial charge in [0.1, 0.15) is 5.54 Å². The molecule has 0 spiro atoms. The first-order valence-electron chi connectivity index (χ1n) is 6.63. The van der Waals surface area contributed by atoms with E-state index in [9.17, 15) is 4.79 Å². The molecule has 0 amide bonds. The average molecular weight is 274 g/mol. The molecule has 0 saturated carbocycles. The van der Waals surface area contributed by atoms with Gasteiger partial charge in [-0.05, 0) is 29.5 Å². The van der Waals surface area contributed by atoms with Gasteiger partial charge >= 0.3 is 5.97 Å². The summed E-state index contributed by atoms with van der Waals surface area (Å²) < 4.78 is 4.96. The molecule has 6 heteroatoms. The number of methoxy groups -OCH3 is 1. The number of azide groups is 1. The summed E-state index contributed by atoms with van der Waals surface area (Å²) in [5.41, 5.74) is 10.0. The van der Waals surface area contributed by atoms with Gasteiger partial charge in [0.2, 0.25) is 0 Å². The number of nitrogens with zero attached hydrogens (tertiary/aromatic N) is 3. The standard InChI is InChI=1S/C14H18N4O2/c1-20-13(19)14(16-8-9-17-18-15)7-6-11-4-2-3-5-12(11)10-14/h2-5,16H,6-10H2,1H3. The molecule has 1 aliphatic carbocycles. The number of carbonyl (C=O) groups is 1. The van der Waals surface area contributed by atoms with E-state index in [0.29, 0.717) is 25.9 Å². The van der Waals surface area contributed by atoms with Gasteiger partial charge in [-0.1, -0.05) is 29.4 Å². The quantitative estimate of drug-likeness (QED) is 0.293. The molecule has 2 rings (SSSR count). The van der Waals surface area contributed by atoms with Crippen LogP contribution in [-0.2, 0) is 22.4 Å². The van der Waals surface area contributed by atoms with Crippen LogP contribution in [0.4, 0.5) is 0 Å². The highest BCUT2D eigenvalue weighted by Gasteiger charge is 2.41. The van der Waals surface area contributed by atoms with Crippen LogP contribution in [0, 0.1) is 0 Å². The van der Waals surface area contributed by atoms with E-state index < -0.39 is 5.54 Å². The van der Waals surface area contributed by atoms with Crippen LogP contribution in [0.2, 0.25) is 0 Å². The summed E-state index contributed by atoms with van der Waals surface area (Å²) in [4.78, 5) is 14.9. The van der Waals surface area contributed by atoms with Crippen LogP contribution < -0.4 is 5.32 Å². The molecule has 1 aliphatic rings. The Bertz CT molecular complexity index is 540. The second-order valence-electron chi connectivity index (χ2n) is 4.90. The Morgan fingerprint density at radius 1 is 1.50 bits per heavy atom. The van der Waals surface area contributed by atoms with Crippen molar-refractivity contribution in [1.82, 2.24) is 5.32 Å². The van der Waals surface area contributed by atoms with E-state index >= 15 is 0 Å². The van der Waals surface area contributed by atoms with Crippen LogP contribution >= 0.6 is 0 Å². The highest BCUT2D eigenvalue weighted by Crippen LogP contribution is 2.29. The van der Waals surface area contributed by atoms with Crippen molar-refractivity contribution in [2.75, 3.05) is 20.2 Å². The SMILES string of the molecule is COC(=O)C1(NCCN=[N+]=[N-])CCc2ccccc2C1. The molecule has 106 valence electrons. The van der Waals surface area contributed by atoms with Crippen molar-refractivity contribution in [3.8, 4) is 0 Å². The number of aryl methyl sites for hydroxylation is 1. The summed E-state index contributed by atoms with van der Waals surface area (Å²) in [5.74, 6) is -0.257. The summed E-state index contributed by atoms with van der Waals surface area (Å²) in [7, 11) is 1.40. The molecule has 0 fully saturated rings. The fourth-order valence-corrected chi connectivity index (χ4v) is 2.72. The topological polar surface area (TPSA) is 87.1 Å². The smallest absolute Gasteiger partial charge is 0.326 e. The Hall–Kier alpha value is -2.04. The molecule has 0 heterocycles. The minimum atomic E-state index is -0.714. The highest BCUT2D eigenvalue weighted by atomic mass is 16.5. The molecule has 6 nitrogen and oxygen atoms in total. The van der Waals surface area contributed by atoms with Gasteiger partial charge in [0.15, 0.2) is 0 Å². The van der Waals surface area contributed by atoms with Crippen LogP contribution in [0.1, 0.15) is 17.5 Å². The monoisotopic (exact) mass is 274 g/mol. The number of hydrogen-bond donors (Lipinski definition) is 1. The lowest BCUT2D eigenvalue weighted by Crippen LogP contribution is -2.56. The average Bonchev–Trinajstić information content (AvgIpc) is 2.50. The van der Waals surface area contributed by atoms with E-state index in [-0.39, 0.29) is 5.97 Å². The summed E-state index contributed by atoms with van der Waals surface area (Å²) >= 11 is 0. The van der Waals surface area contributed by atoms with Gasteiger partial charge in [0, 0.05) is 24.4 Å². The first-order valence-corrected chi connectivity index (χ1v) is 6.63. The first kappa shape index (κ1) is 14.4. The molecular weight excluding hydrogens is 256 g/mol. The number of rotatable bonds is 5. The zero-order chi connectivity index (χ0) is 14.4. The molecule has 1 N–H and O–H groups in total. The maximum absolute atomic E-state index is 12.2. The van der Waals surface area contributed by atoms with E-state index in [4.69, 9.17) is 10.3 Å². The number of carbonyl (C=O) groups excluding carboxylic acids is 1. The third-order valence-electron chi connectivity index (χ3n) is 3.75. The van der Waals surface area contributed by atoms with Crippen LogP contribution in [0.25, 0.3) is 10.4 Å². The molecule has 1 atom stereocenters. The van der Waals surface area contributed by atoms with E-state index in [2.05, 4.69) is 21.4 Å². The van der Waals surface area contributed by atoms with Crippen LogP contribution in [-0.4, -0.2) is 31.7 Å². The van der Waals surface area contributed by atoms with Gasteiger partial charge in [-0.25, -0.2) is 0 Å². The van der Waals surface area contributed by atoms with Crippen molar-refractivity contribution in [2.45, 2.75) is 24.8 Å². The van der Waals surface area contributed by atoms with Crippen molar-refractivity contribution in [2.24, 2.45) is 5.11 Å². The normalized spacial score (nSPS) is 20.6. The zero-order valence-electron chi connectivity index (χ0n) is 11.5. The molecule has 0 aromatic heterocycles. The summed E-state index contributed by atoms with van der Waals surface area (Å²) in [6, 6.07) is 8.13. The van der Waals surface area contributed by atoms with Crippen molar-refractivity contribution >= 4 is 5.97 Å². The number of esters is 1. The molecule has 0 saturated heterocycles. The Morgan fingerprint density at radius 2 is 2.25 bits per heavy atom. The Morgan fingerprint density at radius 3 is 2.95 bits per heavy atom. The van der Waals surface area contributed by atoms with E-state index in [1.54, 1.807) is 0 Å². The van der Waals surface area contributed by atoms with Crippen LogP contribution in [0.3, 0.4) is 0 Å². The van der Waals surface area contributed by atoms with E-state index in [1.807, 2.05) is 18.2 Å². The van der Waals surface area contributed by atoms with Gasteiger partial charge in [-0.2, -0.15) is 0 Å². The fraction of sp³-hybridized carbons (Fsp3) is 0.500. The van der Waals surface area contributed by atoms with Crippen molar-refractivity contribution in [3.05, 3.63) is 45.8 Å². The number of fused-ring (bicyclic) bond motifs is 1. The summed E-state index contributed by atoms with van der Waals surface area (Å²) in [5, 5.41) is 6.70. The van der Waals surface area contributed by atoms with Crippen LogP contribution in [0.5, 0.6) is 0 Å². The van der Waals surface area contributed by atoms with Gasteiger partial charge in [0.05, 0.1) is 7.11 Å². The minimum absolute atomic E-state index is 0.257. The highest BCUT2D eigenvalue weighted by molar-refractivity contribution is 5.81. The maximum atomic E-state index is 12.2. The molecule has 1 aromatic rings. The lowest BCUT2D eigenvalue weighted by molar-refractivity contribution is -0.149. The van der Waals surface area contributed by atoms with Gasteiger partial charge in [0.25, 0.3) is 0 Å². The third-order valence-corrected chi connectivity index (χ3v) is 3.75. The Balaban J connectivity index is 2.17. The first-order chi connectivity index (χ1) is 9.72. The Kier molecular flexibility index (Phi) is 4.61. The van der Waals surface area contributed by atoms with E-state index in [1.165, 1.54) is 18.2 Å². The van der Waals surface area contributed by atoms with Crippen LogP contribution in [0.15, 0.2) is 29.4 Å². The zero-order valence-corrected chi connectivity index (χ0v) is 11.5. The minimum Gasteiger partial charge on any atom is -0.468 e. The molecule has 20 heavy (non-hydrogen) atoms. The largest absolute Gasteiger partial charge is 0.468 e. The summed E-state index contributed by atoms with van der Waals surface area (Å²) in [6.45, 7) is 0.776. The molecule has 0 radical (unpaired) electrons. The van der Waals surface area contributed by atoms with Crippen molar-refractivity contribution in [3.63, 3.8) is 0 Å². The third kappa shape index (κ3) is 2.92. The van der Waals surface area contributed by atoms with Gasteiger partial charge in [-0.15, -0.1) is 0 Å².